The molecule has 1 N–H and O–H groups in total. The molecule has 0 bridgehead atoms. The predicted octanol–water partition coefficient (Wildman–Crippen LogP) is 5.59. The number of aromatic nitrogens is 3. The first-order valence-electron chi connectivity index (χ1n) is 10.4. The van der Waals surface area contributed by atoms with Gasteiger partial charge in [-0.1, -0.05) is 18.2 Å². The monoisotopic (exact) mass is 444 g/mol. The second kappa shape index (κ2) is 9.24. The van der Waals surface area contributed by atoms with Crippen molar-refractivity contribution >= 4 is 5.91 Å². The van der Waals surface area contributed by atoms with E-state index in [0.29, 0.717) is 28.2 Å². The van der Waals surface area contributed by atoms with Crippen LogP contribution >= 0.6 is 0 Å². The van der Waals surface area contributed by atoms with Gasteiger partial charge in [-0.15, -0.1) is 0 Å². The Hall–Kier alpha value is -4.00. The molecule has 0 aliphatic rings. The Morgan fingerprint density at radius 3 is 2.33 bits per heavy atom. The van der Waals surface area contributed by atoms with Gasteiger partial charge in [-0.2, -0.15) is 0 Å². The first-order valence-corrected chi connectivity index (χ1v) is 10.4. The number of aryl methyl sites for hydroxylation is 2. The van der Waals surface area contributed by atoms with Gasteiger partial charge in [0.05, 0.1) is 11.7 Å². The Labute approximate surface area is 190 Å². The molecule has 4 rings (SSSR count). The lowest BCUT2D eigenvalue weighted by Gasteiger charge is -2.16. The van der Waals surface area contributed by atoms with Gasteiger partial charge in [0.1, 0.15) is 5.82 Å². The molecular formula is C26H22F2N4O. The highest BCUT2D eigenvalue weighted by atomic mass is 19.2. The van der Waals surface area contributed by atoms with Gasteiger partial charge >= 0.3 is 0 Å². The highest BCUT2D eigenvalue weighted by Gasteiger charge is 2.17. The molecule has 0 radical (unpaired) electrons. The summed E-state index contributed by atoms with van der Waals surface area (Å²) in [6, 6.07) is 12.3. The standard InChI is InChI=1S/C26H22F2N4O/c1-15-7-8-24(31-12-15)19-9-18(22-5-4-6-23(27)25(22)28)10-20(11-19)26(33)32-16(2)21-13-29-17(3)30-14-21/h4-14,16H,1-3H3,(H,32,33)/t16-/m1/s1. The molecule has 4 aromatic rings. The van der Waals surface area contributed by atoms with Crippen LogP contribution in [0.3, 0.4) is 0 Å². The smallest absolute Gasteiger partial charge is 0.251 e. The van der Waals surface area contributed by atoms with Gasteiger partial charge in [-0.25, -0.2) is 18.7 Å². The first kappa shape index (κ1) is 22.2. The summed E-state index contributed by atoms with van der Waals surface area (Å²) in [5.74, 6) is -1.65. The van der Waals surface area contributed by atoms with E-state index in [0.717, 1.165) is 17.2 Å². The van der Waals surface area contributed by atoms with Crippen LogP contribution in [0.25, 0.3) is 22.4 Å². The summed E-state index contributed by atoms with van der Waals surface area (Å²) in [7, 11) is 0. The summed E-state index contributed by atoms with van der Waals surface area (Å²) in [6.45, 7) is 5.53. The number of hydrogen-bond donors (Lipinski definition) is 1. The van der Waals surface area contributed by atoms with Gasteiger partial charge in [0.25, 0.3) is 5.91 Å². The zero-order valence-corrected chi connectivity index (χ0v) is 18.4. The van der Waals surface area contributed by atoms with Crippen LogP contribution in [0.5, 0.6) is 0 Å². The summed E-state index contributed by atoms with van der Waals surface area (Å²) in [5.41, 5.74) is 3.72. The average Bonchev–Trinajstić information content (AvgIpc) is 2.81. The molecule has 2 aromatic carbocycles. The highest BCUT2D eigenvalue weighted by molar-refractivity contribution is 5.97. The first-order chi connectivity index (χ1) is 15.8. The number of hydrogen-bond acceptors (Lipinski definition) is 4. The summed E-state index contributed by atoms with van der Waals surface area (Å²) in [6.07, 6.45) is 5.03. The molecule has 0 unspecified atom stereocenters. The Kier molecular flexibility index (Phi) is 6.22. The number of pyridine rings is 1. The lowest BCUT2D eigenvalue weighted by Crippen LogP contribution is -2.27. The van der Waals surface area contributed by atoms with Crippen LogP contribution in [0.4, 0.5) is 8.78 Å². The number of rotatable bonds is 5. The van der Waals surface area contributed by atoms with Gasteiger partial charge < -0.3 is 5.32 Å². The zero-order valence-electron chi connectivity index (χ0n) is 18.4. The van der Waals surface area contributed by atoms with Gasteiger partial charge in [0.15, 0.2) is 11.6 Å². The van der Waals surface area contributed by atoms with Gasteiger partial charge in [-0.05, 0) is 62.2 Å². The van der Waals surface area contributed by atoms with Crippen molar-refractivity contribution in [2.24, 2.45) is 0 Å². The summed E-state index contributed by atoms with van der Waals surface area (Å²) in [5, 5.41) is 2.92. The molecule has 0 saturated carbocycles. The van der Waals surface area contributed by atoms with Crippen LogP contribution in [0.2, 0.25) is 0 Å². The van der Waals surface area contributed by atoms with Crippen molar-refractivity contribution in [1.82, 2.24) is 20.3 Å². The van der Waals surface area contributed by atoms with Gasteiger partial charge in [0, 0.05) is 40.8 Å². The number of nitrogens with zero attached hydrogens (tertiary/aromatic N) is 3. The van der Waals surface area contributed by atoms with Gasteiger partial charge in [0.2, 0.25) is 0 Å². The van der Waals surface area contributed by atoms with Gasteiger partial charge in [-0.3, -0.25) is 9.78 Å². The van der Waals surface area contributed by atoms with Crippen LogP contribution in [0.1, 0.15) is 40.3 Å². The van der Waals surface area contributed by atoms with Crippen molar-refractivity contribution in [3.05, 3.63) is 101 Å². The Balaban J connectivity index is 1.75. The van der Waals surface area contributed by atoms with E-state index in [1.807, 2.05) is 26.0 Å². The molecule has 0 saturated heterocycles. The summed E-state index contributed by atoms with van der Waals surface area (Å²) in [4.78, 5) is 25.9. The molecule has 33 heavy (non-hydrogen) atoms. The minimum absolute atomic E-state index is 0.0676. The van der Waals surface area contributed by atoms with Crippen molar-refractivity contribution in [2.75, 3.05) is 0 Å². The molecule has 7 heteroatoms. The fourth-order valence-electron chi connectivity index (χ4n) is 3.42. The molecule has 1 atom stereocenters. The summed E-state index contributed by atoms with van der Waals surface area (Å²) < 4.78 is 28.5. The molecule has 2 aromatic heterocycles. The molecule has 166 valence electrons. The normalized spacial score (nSPS) is 11.8. The van der Waals surface area contributed by atoms with E-state index in [4.69, 9.17) is 0 Å². The van der Waals surface area contributed by atoms with Crippen molar-refractivity contribution < 1.29 is 13.6 Å². The van der Waals surface area contributed by atoms with E-state index in [9.17, 15) is 13.6 Å². The maximum absolute atomic E-state index is 14.6. The average molecular weight is 444 g/mol. The van der Waals surface area contributed by atoms with Crippen LogP contribution in [0, 0.1) is 25.5 Å². The number of halogens is 2. The maximum atomic E-state index is 14.6. The number of amides is 1. The Morgan fingerprint density at radius 2 is 1.64 bits per heavy atom. The molecule has 0 spiro atoms. The second-order valence-corrected chi connectivity index (χ2v) is 7.88. The van der Waals surface area contributed by atoms with E-state index in [-0.39, 0.29) is 17.5 Å². The van der Waals surface area contributed by atoms with E-state index in [1.165, 1.54) is 12.1 Å². The van der Waals surface area contributed by atoms with Crippen LogP contribution in [-0.4, -0.2) is 20.9 Å². The van der Waals surface area contributed by atoms with Crippen LogP contribution < -0.4 is 5.32 Å². The molecule has 0 fully saturated rings. The molecule has 1 amide bonds. The van der Waals surface area contributed by atoms with E-state index in [2.05, 4.69) is 20.3 Å². The lowest BCUT2D eigenvalue weighted by atomic mass is 9.97. The van der Waals surface area contributed by atoms with Crippen molar-refractivity contribution in [3.63, 3.8) is 0 Å². The molecule has 0 aliphatic carbocycles. The van der Waals surface area contributed by atoms with Crippen molar-refractivity contribution in [1.29, 1.82) is 0 Å². The largest absolute Gasteiger partial charge is 0.345 e. The lowest BCUT2D eigenvalue weighted by molar-refractivity contribution is 0.0940. The van der Waals surface area contributed by atoms with Crippen molar-refractivity contribution in [3.8, 4) is 22.4 Å². The third-order valence-electron chi connectivity index (χ3n) is 5.31. The maximum Gasteiger partial charge on any atom is 0.251 e. The quantitative estimate of drug-likeness (QED) is 0.436. The number of carbonyl (C=O) groups excluding carboxylic acids is 1. The highest BCUT2D eigenvalue weighted by Crippen LogP contribution is 2.30. The zero-order chi connectivity index (χ0) is 23.5. The molecular weight excluding hydrogens is 422 g/mol. The Morgan fingerprint density at radius 1 is 0.909 bits per heavy atom. The van der Waals surface area contributed by atoms with Crippen molar-refractivity contribution in [2.45, 2.75) is 26.8 Å². The van der Waals surface area contributed by atoms with E-state index < -0.39 is 11.6 Å². The van der Waals surface area contributed by atoms with E-state index >= 15 is 0 Å². The molecule has 2 heterocycles. The topological polar surface area (TPSA) is 67.8 Å². The molecule has 5 nitrogen and oxygen atoms in total. The molecule has 0 aliphatic heterocycles. The third kappa shape index (κ3) is 4.92. The van der Waals surface area contributed by atoms with Crippen LogP contribution in [0.15, 0.2) is 67.1 Å². The third-order valence-corrected chi connectivity index (χ3v) is 5.31. The van der Waals surface area contributed by atoms with Crippen LogP contribution in [-0.2, 0) is 0 Å². The summed E-state index contributed by atoms with van der Waals surface area (Å²) >= 11 is 0. The SMILES string of the molecule is Cc1ccc(-c2cc(C(=O)N[C@H](C)c3cnc(C)nc3)cc(-c3cccc(F)c3F)c2)nc1. The predicted molar refractivity (Wildman–Crippen MR) is 122 cm³/mol. The number of benzene rings is 2. The Bertz CT molecular complexity index is 1310. The fourth-order valence-corrected chi connectivity index (χ4v) is 3.42. The van der Waals surface area contributed by atoms with E-state index in [1.54, 1.807) is 43.7 Å². The number of carbonyl (C=O) groups is 1. The minimum Gasteiger partial charge on any atom is -0.345 e. The fraction of sp³-hybridized carbons (Fsp3) is 0.154. The number of nitrogens with one attached hydrogen (secondary N) is 1. The second-order valence-electron chi connectivity index (χ2n) is 7.88. The minimum atomic E-state index is -0.969.